The van der Waals surface area contributed by atoms with E-state index < -0.39 is 36.9 Å². The smallest absolute Gasteiger partial charge is 0.408 e. The summed E-state index contributed by atoms with van der Waals surface area (Å²) in [6.07, 6.45) is 0.510. The molecule has 3 aromatic carbocycles. The van der Waals surface area contributed by atoms with Gasteiger partial charge in [0.2, 0.25) is 5.91 Å². The van der Waals surface area contributed by atoms with Gasteiger partial charge in [-0.15, -0.1) is 0 Å². The third kappa shape index (κ3) is 8.48. The molecule has 11 heteroatoms. The van der Waals surface area contributed by atoms with Gasteiger partial charge in [-0.2, -0.15) is 8.78 Å². The highest BCUT2D eigenvalue weighted by Gasteiger charge is 2.50. The zero-order valence-corrected chi connectivity index (χ0v) is 21.3. The summed E-state index contributed by atoms with van der Waals surface area (Å²) in [7, 11) is -5.71. The number of alkyl carbamates (subject to hydrolysis) is 1. The van der Waals surface area contributed by atoms with Gasteiger partial charge >= 0.3 is 19.4 Å². The van der Waals surface area contributed by atoms with Crippen molar-refractivity contribution < 1.29 is 37.5 Å². The average Bonchev–Trinajstić information content (AvgIpc) is 2.90. The minimum atomic E-state index is -5.71. The van der Waals surface area contributed by atoms with Crippen LogP contribution in [-0.4, -0.2) is 34.4 Å². The van der Waals surface area contributed by atoms with Crippen molar-refractivity contribution in [2.45, 2.75) is 37.6 Å². The number of halogens is 2. The highest BCUT2D eigenvalue weighted by Crippen LogP contribution is 2.59. The van der Waals surface area contributed by atoms with E-state index in [1.807, 2.05) is 36.4 Å². The van der Waals surface area contributed by atoms with Crippen LogP contribution in [0.1, 0.15) is 28.7 Å². The highest BCUT2D eigenvalue weighted by molar-refractivity contribution is 7.52. The maximum Gasteiger partial charge on any atom is 0.408 e. The minimum Gasteiger partial charge on any atom is -0.445 e. The molecule has 202 valence electrons. The Morgan fingerprint density at radius 3 is 2.03 bits per heavy atom. The lowest BCUT2D eigenvalue weighted by atomic mass is 10.0. The Morgan fingerprint density at radius 2 is 1.45 bits per heavy atom. The van der Waals surface area contributed by atoms with Crippen LogP contribution in [0.4, 0.5) is 13.6 Å². The van der Waals surface area contributed by atoms with Gasteiger partial charge in [-0.25, -0.2) is 4.79 Å². The van der Waals surface area contributed by atoms with E-state index in [2.05, 4.69) is 10.6 Å². The van der Waals surface area contributed by atoms with E-state index in [-0.39, 0.29) is 13.0 Å². The molecule has 38 heavy (non-hydrogen) atoms. The molecule has 0 saturated heterocycles. The van der Waals surface area contributed by atoms with Gasteiger partial charge in [0.25, 0.3) is 0 Å². The number of nitrogens with one attached hydrogen (secondary N) is 2. The van der Waals surface area contributed by atoms with Gasteiger partial charge in [0.15, 0.2) is 0 Å². The second kappa shape index (κ2) is 13.3. The van der Waals surface area contributed by atoms with Gasteiger partial charge in [0.1, 0.15) is 12.6 Å². The first-order valence-electron chi connectivity index (χ1n) is 11.9. The van der Waals surface area contributed by atoms with Gasteiger partial charge in [-0.3, -0.25) is 9.36 Å². The Hall–Kier alpha value is -3.59. The number of carbonyl (C=O) groups excluding carboxylic acids is 2. The molecule has 3 rings (SSSR count). The van der Waals surface area contributed by atoms with Crippen molar-refractivity contribution in [1.82, 2.24) is 10.6 Å². The van der Waals surface area contributed by atoms with Crippen LogP contribution in [0.5, 0.6) is 0 Å². The molecule has 0 aliphatic carbocycles. The molecule has 0 fully saturated rings. The van der Waals surface area contributed by atoms with Crippen LogP contribution in [-0.2, 0) is 39.2 Å². The molecule has 8 nitrogen and oxygen atoms in total. The van der Waals surface area contributed by atoms with Crippen LogP contribution in [0.2, 0.25) is 0 Å². The van der Waals surface area contributed by atoms with Gasteiger partial charge in [0.05, 0.1) is 0 Å². The Kier molecular flexibility index (Phi) is 10.1. The zero-order chi connectivity index (χ0) is 27.6. The standard InChI is InChI=1S/C27H29F2N2O6P/c28-27(29,38(34,35)36)23-15-13-21(14-16-23)18-24(31-26(33)37-19-22-10-5-2-6-11-22)25(32)30-17-7-12-20-8-3-1-4-9-20/h1-6,8-11,13-16,24H,7,12,17-19H2,(H,30,32)(H,31,33)(H2,34,35,36)/t24-/m0/s1. The normalized spacial score (nSPS) is 12.4. The Bertz CT molecular complexity index is 1240. The second-order valence-electron chi connectivity index (χ2n) is 8.63. The molecule has 0 radical (unpaired) electrons. The number of carbonyl (C=O) groups is 2. The van der Waals surface area contributed by atoms with Crippen LogP contribution in [0, 0.1) is 0 Å². The van der Waals surface area contributed by atoms with Crippen LogP contribution in [0.25, 0.3) is 0 Å². The van der Waals surface area contributed by atoms with E-state index in [0.717, 1.165) is 29.7 Å². The Morgan fingerprint density at radius 1 is 0.868 bits per heavy atom. The molecule has 0 heterocycles. The summed E-state index contributed by atoms with van der Waals surface area (Å²) in [6, 6.07) is 21.8. The topological polar surface area (TPSA) is 125 Å². The van der Waals surface area contributed by atoms with E-state index in [4.69, 9.17) is 14.5 Å². The molecule has 1 atom stereocenters. The summed E-state index contributed by atoms with van der Waals surface area (Å²) in [5, 5.41) is 5.29. The number of hydrogen-bond donors (Lipinski definition) is 4. The second-order valence-corrected chi connectivity index (χ2v) is 10.3. The molecule has 0 saturated carbocycles. The van der Waals surface area contributed by atoms with Gasteiger partial charge < -0.3 is 25.2 Å². The number of alkyl halides is 2. The average molecular weight is 547 g/mol. The van der Waals surface area contributed by atoms with E-state index in [1.54, 1.807) is 24.3 Å². The van der Waals surface area contributed by atoms with Crippen LogP contribution >= 0.6 is 7.60 Å². The third-order valence-corrected chi connectivity index (χ3v) is 6.70. The summed E-state index contributed by atoms with van der Waals surface area (Å²) in [4.78, 5) is 43.2. The number of amides is 2. The highest BCUT2D eigenvalue weighted by atomic mass is 31.2. The van der Waals surface area contributed by atoms with Crippen molar-refractivity contribution in [2.75, 3.05) is 6.54 Å². The first kappa shape index (κ1) is 29.0. The number of rotatable bonds is 12. The van der Waals surface area contributed by atoms with Crippen molar-refractivity contribution in [1.29, 1.82) is 0 Å². The maximum atomic E-state index is 14.0. The molecule has 4 N–H and O–H groups in total. The fourth-order valence-corrected chi connectivity index (χ4v) is 4.12. The third-order valence-electron chi connectivity index (χ3n) is 5.71. The summed E-state index contributed by atoms with van der Waals surface area (Å²) in [5.41, 5.74) is -2.94. The number of hydrogen-bond acceptors (Lipinski definition) is 4. The first-order valence-corrected chi connectivity index (χ1v) is 13.5. The minimum absolute atomic E-state index is 0.00968. The lowest BCUT2D eigenvalue weighted by Crippen LogP contribution is -2.48. The molecular formula is C27H29F2N2O6P. The molecule has 0 bridgehead atoms. The SMILES string of the molecule is O=C(N[C@@H](Cc1ccc(C(F)(F)P(=O)(O)O)cc1)C(=O)NCCCc1ccccc1)OCc1ccccc1. The molecule has 0 aromatic heterocycles. The van der Waals surface area contributed by atoms with Crippen molar-refractivity contribution in [3.8, 4) is 0 Å². The molecular weight excluding hydrogens is 517 g/mol. The summed E-state index contributed by atoms with van der Waals surface area (Å²) in [6.45, 7) is 0.336. The van der Waals surface area contributed by atoms with Crippen LogP contribution in [0.3, 0.4) is 0 Å². The largest absolute Gasteiger partial charge is 0.445 e. The van der Waals surface area contributed by atoms with Crippen molar-refractivity contribution >= 4 is 19.6 Å². The fourth-order valence-electron chi connectivity index (χ4n) is 3.63. The molecule has 2 amide bonds. The predicted molar refractivity (Wildman–Crippen MR) is 137 cm³/mol. The van der Waals surface area contributed by atoms with E-state index in [1.165, 1.54) is 12.1 Å². The van der Waals surface area contributed by atoms with E-state index in [0.29, 0.717) is 18.5 Å². The van der Waals surface area contributed by atoms with Gasteiger partial charge in [-0.05, 0) is 29.5 Å². The van der Waals surface area contributed by atoms with Gasteiger partial charge in [-0.1, -0.05) is 84.9 Å². The van der Waals surface area contributed by atoms with Gasteiger partial charge in [0, 0.05) is 18.5 Å². The van der Waals surface area contributed by atoms with Crippen molar-refractivity contribution in [3.63, 3.8) is 0 Å². The lowest BCUT2D eigenvalue weighted by molar-refractivity contribution is -0.123. The molecule has 0 aliphatic heterocycles. The molecule has 0 spiro atoms. The van der Waals surface area contributed by atoms with E-state index in [9.17, 15) is 22.9 Å². The Labute approximate surface area is 219 Å². The quantitative estimate of drug-likeness (QED) is 0.196. The number of benzene rings is 3. The monoisotopic (exact) mass is 546 g/mol. The zero-order valence-electron chi connectivity index (χ0n) is 20.4. The summed E-state index contributed by atoms with van der Waals surface area (Å²) < 4.78 is 44.3. The van der Waals surface area contributed by atoms with Crippen LogP contribution < -0.4 is 10.6 Å². The fraction of sp³-hybridized carbons (Fsp3) is 0.259. The predicted octanol–water partition coefficient (Wildman–Crippen LogP) is 4.50. The molecule has 0 aliphatic rings. The Balaban J connectivity index is 1.64. The summed E-state index contributed by atoms with van der Waals surface area (Å²) >= 11 is 0. The molecule has 0 unspecified atom stereocenters. The maximum absolute atomic E-state index is 14.0. The van der Waals surface area contributed by atoms with Crippen LogP contribution in [0.15, 0.2) is 84.9 Å². The van der Waals surface area contributed by atoms with Crippen molar-refractivity contribution in [2.24, 2.45) is 0 Å². The van der Waals surface area contributed by atoms with Crippen molar-refractivity contribution in [3.05, 3.63) is 107 Å². The lowest BCUT2D eigenvalue weighted by Gasteiger charge is -2.20. The summed E-state index contributed by atoms with van der Waals surface area (Å²) in [5.74, 6) is -0.487. The number of ether oxygens (including phenoxy) is 1. The number of aryl methyl sites for hydroxylation is 1. The van der Waals surface area contributed by atoms with E-state index >= 15 is 0 Å². The first-order chi connectivity index (χ1) is 18.1. The molecule has 3 aromatic rings.